The Morgan fingerprint density at radius 2 is 2.21 bits per heavy atom. The first kappa shape index (κ1) is 14.6. The highest BCUT2D eigenvalue weighted by Crippen LogP contribution is 2.23. The molecule has 2 aliphatic rings. The minimum atomic E-state index is -0.0726. The van der Waals surface area contributed by atoms with Crippen molar-refractivity contribution in [3.05, 3.63) is 23.1 Å². The zero-order valence-corrected chi connectivity index (χ0v) is 12.0. The summed E-state index contributed by atoms with van der Waals surface area (Å²) >= 11 is 1.75. The molecule has 2 N–H and O–H groups in total. The lowest BCUT2D eigenvalue weighted by atomic mass is 10.2. The zero-order valence-electron chi connectivity index (χ0n) is 11.2. The van der Waals surface area contributed by atoms with Crippen LogP contribution in [-0.4, -0.2) is 48.9 Å². The fourth-order valence-corrected chi connectivity index (χ4v) is 3.08. The van der Waals surface area contributed by atoms with E-state index in [9.17, 15) is 4.79 Å². The topological polar surface area (TPSA) is 55.6 Å². The van der Waals surface area contributed by atoms with E-state index < -0.39 is 0 Å². The molecule has 1 amide bonds. The Kier molecular flexibility index (Phi) is 5.94. The van der Waals surface area contributed by atoms with Crippen LogP contribution in [-0.2, 0) is 9.53 Å². The van der Waals surface area contributed by atoms with Crippen LogP contribution < -0.4 is 5.73 Å². The van der Waals surface area contributed by atoms with Gasteiger partial charge >= 0.3 is 0 Å². The van der Waals surface area contributed by atoms with E-state index in [0.29, 0.717) is 32.7 Å². The lowest BCUT2D eigenvalue weighted by Gasteiger charge is -2.27. The summed E-state index contributed by atoms with van der Waals surface area (Å²) in [4.78, 5) is 15.1. The van der Waals surface area contributed by atoms with Gasteiger partial charge < -0.3 is 15.4 Å². The molecule has 1 heterocycles. The number of carbonyl (C=O) groups excluding carboxylic acids is 1. The molecule has 0 spiro atoms. The van der Waals surface area contributed by atoms with Crippen LogP contribution >= 0.6 is 11.8 Å². The van der Waals surface area contributed by atoms with Gasteiger partial charge in [0.15, 0.2) is 0 Å². The predicted octanol–water partition coefficient (Wildman–Crippen LogP) is 1.53. The van der Waals surface area contributed by atoms with Gasteiger partial charge in [-0.25, -0.2) is 0 Å². The van der Waals surface area contributed by atoms with E-state index in [1.54, 1.807) is 11.8 Å². The van der Waals surface area contributed by atoms with Crippen molar-refractivity contribution < 1.29 is 9.53 Å². The van der Waals surface area contributed by atoms with Gasteiger partial charge in [-0.1, -0.05) is 18.2 Å². The smallest absolute Gasteiger partial charge is 0.224 e. The number of ether oxygens (including phenoxy) is 1. The molecule has 1 aliphatic heterocycles. The van der Waals surface area contributed by atoms with Crippen LogP contribution in [0.1, 0.15) is 19.3 Å². The number of allylic oxidation sites excluding steroid dienone is 3. The number of morpholine rings is 1. The molecule has 1 atom stereocenters. The second-order valence-corrected chi connectivity index (χ2v) is 5.95. The number of rotatable bonds is 5. The van der Waals surface area contributed by atoms with Crippen LogP contribution in [0.2, 0.25) is 0 Å². The zero-order chi connectivity index (χ0) is 13.5. The highest BCUT2D eigenvalue weighted by Gasteiger charge is 2.19. The van der Waals surface area contributed by atoms with Gasteiger partial charge in [0.05, 0.1) is 13.2 Å². The van der Waals surface area contributed by atoms with Crippen LogP contribution in [0.5, 0.6) is 0 Å². The Bertz CT molecular complexity index is 362. The lowest BCUT2D eigenvalue weighted by Crippen LogP contribution is -2.43. The van der Waals surface area contributed by atoms with E-state index in [1.807, 2.05) is 4.90 Å². The average molecular weight is 282 g/mol. The van der Waals surface area contributed by atoms with E-state index in [4.69, 9.17) is 10.5 Å². The normalized spacial score (nSPS) is 21.1. The average Bonchev–Trinajstić information content (AvgIpc) is 2.47. The minimum Gasteiger partial charge on any atom is -0.378 e. The van der Waals surface area contributed by atoms with Crippen molar-refractivity contribution in [2.75, 3.05) is 32.1 Å². The summed E-state index contributed by atoms with van der Waals surface area (Å²) in [7, 11) is 0. The molecule has 4 nitrogen and oxygen atoms in total. The molecule has 2 rings (SSSR count). The van der Waals surface area contributed by atoms with Gasteiger partial charge in [0.1, 0.15) is 0 Å². The summed E-state index contributed by atoms with van der Waals surface area (Å²) in [6.07, 6.45) is 9.25. The van der Waals surface area contributed by atoms with E-state index >= 15 is 0 Å². The predicted molar refractivity (Wildman–Crippen MR) is 78.9 cm³/mol. The molecule has 1 fully saturated rings. The Balaban J connectivity index is 1.68. The molecule has 19 heavy (non-hydrogen) atoms. The molecule has 0 bridgehead atoms. The molecular weight excluding hydrogens is 260 g/mol. The highest BCUT2D eigenvalue weighted by molar-refractivity contribution is 8.03. The van der Waals surface area contributed by atoms with Crippen LogP contribution in [0.4, 0.5) is 0 Å². The van der Waals surface area contributed by atoms with Crippen molar-refractivity contribution in [3.8, 4) is 0 Å². The molecule has 0 saturated carbocycles. The number of thioether (sulfide) groups is 1. The minimum absolute atomic E-state index is 0.0726. The largest absolute Gasteiger partial charge is 0.378 e. The van der Waals surface area contributed by atoms with Gasteiger partial charge in [-0.05, 0) is 12.8 Å². The monoisotopic (exact) mass is 282 g/mol. The van der Waals surface area contributed by atoms with Gasteiger partial charge in [-0.15, -0.1) is 11.8 Å². The molecule has 1 aliphatic carbocycles. The summed E-state index contributed by atoms with van der Waals surface area (Å²) in [5.74, 6) is 0.955. The van der Waals surface area contributed by atoms with Crippen molar-refractivity contribution in [2.24, 2.45) is 5.73 Å². The van der Waals surface area contributed by atoms with Gasteiger partial charge in [0.2, 0.25) is 5.91 Å². The molecule has 0 radical (unpaired) electrons. The van der Waals surface area contributed by atoms with E-state index in [-0.39, 0.29) is 11.9 Å². The number of carbonyl (C=O) groups is 1. The van der Waals surface area contributed by atoms with Gasteiger partial charge in [-0.2, -0.15) is 0 Å². The number of nitrogens with zero attached hydrogens (tertiary/aromatic N) is 1. The molecule has 0 aromatic carbocycles. The Morgan fingerprint density at radius 3 is 2.89 bits per heavy atom. The number of nitrogens with two attached hydrogens (primary N) is 1. The van der Waals surface area contributed by atoms with E-state index in [2.05, 4.69) is 18.2 Å². The quantitative estimate of drug-likeness (QED) is 0.831. The standard InChI is InChI=1S/C14H22N2O2S/c15-12(11-19-13-4-2-1-3-5-13)10-14(17)16-6-8-18-9-7-16/h2,4-5,12H,1,3,6-11,15H2. The first-order valence-corrected chi connectivity index (χ1v) is 7.85. The molecular formula is C14H22N2O2S. The van der Waals surface area contributed by atoms with Crippen molar-refractivity contribution in [1.82, 2.24) is 4.90 Å². The summed E-state index contributed by atoms with van der Waals surface area (Å²) in [6.45, 7) is 2.69. The van der Waals surface area contributed by atoms with Crippen molar-refractivity contribution in [3.63, 3.8) is 0 Å². The summed E-state index contributed by atoms with van der Waals surface area (Å²) in [5.41, 5.74) is 6.05. The molecule has 1 saturated heterocycles. The highest BCUT2D eigenvalue weighted by atomic mass is 32.2. The third-order valence-electron chi connectivity index (χ3n) is 3.23. The number of hydrogen-bond donors (Lipinski definition) is 1. The fraction of sp³-hybridized carbons (Fsp3) is 0.643. The van der Waals surface area contributed by atoms with Crippen molar-refractivity contribution >= 4 is 17.7 Å². The summed E-state index contributed by atoms with van der Waals surface area (Å²) in [6, 6.07) is -0.0726. The Morgan fingerprint density at radius 1 is 1.42 bits per heavy atom. The Hall–Kier alpha value is -0.780. The van der Waals surface area contributed by atoms with E-state index in [1.165, 1.54) is 4.91 Å². The summed E-state index contributed by atoms with van der Waals surface area (Å²) < 4.78 is 5.24. The van der Waals surface area contributed by atoms with Crippen molar-refractivity contribution in [2.45, 2.75) is 25.3 Å². The molecule has 5 heteroatoms. The maximum Gasteiger partial charge on any atom is 0.224 e. The van der Waals surface area contributed by atoms with Crippen LogP contribution in [0.25, 0.3) is 0 Å². The van der Waals surface area contributed by atoms with E-state index in [0.717, 1.165) is 18.6 Å². The third-order valence-corrected chi connectivity index (χ3v) is 4.46. The maximum atomic E-state index is 12.0. The second-order valence-electron chi connectivity index (χ2n) is 4.85. The SMILES string of the molecule is NC(CSC1=CCCC=C1)CC(=O)N1CCOCC1. The number of amides is 1. The molecule has 106 valence electrons. The van der Waals surface area contributed by atoms with Crippen LogP contribution in [0.3, 0.4) is 0 Å². The molecule has 1 unspecified atom stereocenters. The first-order chi connectivity index (χ1) is 9.25. The fourth-order valence-electron chi connectivity index (χ4n) is 2.12. The molecule has 0 aromatic heterocycles. The van der Waals surface area contributed by atoms with Gasteiger partial charge in [-0.3, -0.25) is 4.79 Å². The van der Waals surface area contributed by atoms with Gasteiger partial charge in [0, 0.05) is 36.2 Å². The number of hydrogen-bond acceptors (Lipinski definition) is 4. The van der Waals surface area contributed by atoms with Crippen LogP contribution in [0.15, 0.2) is 23.1 Å². The Labute approximate surface area is 119 Å². The van der Waals surface area contributed by atoms with Gasteiger partial charge in [0.25, 0.3) is 0 Å². The maximum absolute atomic E-state index is 12.0. The summed E-state index contributed by atoms with van der Waals surface area (Å²) in [5, 5.41) is 0. The molecule has 0 aromatic rings. The first-order valence-electron chi connectivity index (χ1n) is 6.86. The third kappa shape index (κ3) is 5.01. The lowest BCUT2D eigenvalue weighted by molar-refractivity contribution is -0.135. The van der Waals surface area contributed by atoms with Crippen LogP contribution in [0, 0.1) is 0 Å². The second kappa shape index (κ2) is 7.72. The van der Waals surface area contributed by atoms with Crippen molar-refractivity contribution in [1.29, 1.82) is 0 Å².